The van der Waals surface area contributed by atoms with Crippen molar-refractivity contribution in [1.82, 2.24) is 9.78 Å². The van der Waals surface area contributed by atoms with E-state index in [0.717, 1.165) is 12.1 Å². The molecule has 2 heterocycles. The number of fused-ring (bicyclic) bond motifs is 1. The van der Waals surface area contributed by atoms with Crippen molar-refractivity contribution in [1.29, 1.82) is 0 Å². The van der Waals surface area contributed by atoms with Crippen LogP contribution in [-0.2, 0) is 26.3 Å². The highest BCUT2D eigenvalue weighted by Gasteiger charge is 2.17. The Balaban J connectivity index is 1.77. The van der Waals surface area contributed by atoms with Crippen molar-refractivity contribution in [3.8, 4) is 0 Å². The Morgan fingerprint density at radius 3 is 2.85 bits per heavy atom. The molecule has 2 aromatic rings. The average molecular weight is 289 g/mol. The second kappa shape index (κ2) is 5.70. The Bertz CT molecular complexity index is 573. The molecule has 0 aromatic carbocycles. The van der Waals surface area contributed by atoms with Crippen LogP contribution in [0.1, 0.15) is 52.0 Å². The molecule has 1 unspecified atom stereocenters. The largest absolute Gasteiger partial charge is 0.323 e. The van der Waals surface area contributed by atoms with Crippen LogP contribution in [-0.4, -0.2) is 9.78 Å². The lowest BCUT2D eigenvalue weighted by Gasteiger charge is -2.09. The van der Waals surface area contributed by atoms with Crippen LogP contribution < -0.4 is 5.73 Å². The number of aryl methyl sites for hydroxylation is 4. The SMILES string of the molecule is Cc1cc(CC(N)c2cc3c(s2)CCCCC3)n(C)n1. The standard InChI is InChI=1S/C16H23N3S/c1-11-8-13(19(2)18-11)10-14(17)16-9-12-6-4-3-5-7-15(12)20-16/h8-9,14H,3-7,10,17H2,1-2H3. The van der Waals surface area contributed by atoms with E-state index in [1.165, 1.54) is 42.7 Å². The third-order valence-corrected chi connectivity index (χ3v) is 5.53. The topological polar surface area (TPSA) is 43.8 Å². The third-order valence-electron chi connectivity index (χ3n) is 4.16. The molecule has 0 aliphatic heterocycles. The fourth-order valence-corrected chi connectivity index (χ4v) is 4.31. The van der Waals surface area contributed by atoms with Crippen molar-refractivity contribution in [2.24, 2.45) is 12.8 Å². The summed E-state index contributed by atoms with van der Waals surface area (Å²) in [5, 5.41) is 4.40. The first kappa shape index (κ1) is 13.8. The molecule has 0 spiro atoms. The normalized spacial score (nSPS) is 16.8. The Kier molecular flexibility index (Phi) is 3.94. The number of nitrogens with zero attached hydrogens (tertiary/aromatic N) is 2. The smallest absolute Gasteiger partial charge is 0.0596 e. The van der Waals surface area contributed by atoms with E-state index >= 15 is 0 Å². The number of thiophene rings is 1. The van der Waals surface area contributed by atoms with Crippen LogP contribution >= 0.6 is 11.3 Å². The predicted octanol–water partition coefficient (Wildman–Crippen LogP) is 3.30. The molecule has 3 nitrogen and oxygen atoms in total. The highest BCUT2D eigenvalue weighted by Crippen LogP contribution is 2.32. The summed E-state index contributed by atoms with van der Waals surface area (Å²) in [7, 11) is 2.00. The lowest BCUT2D eigenvalue weighted by atomic mass is 10.1. The van der Waals surface area contributed by atoms with Gasteiger partial charge in [-0.25, -0.2) is 0 Å². The van der Waals surface area contributed by atoms with Gasteiger partial charge in [-0.15, -0.1) is 11.3 Å². The summed E-state index contributed by atoms with van der Waals surface area (Å²) < 4.78 is 1.95. The number of nitrogens with two attached hydrogens (primary N) is 1. The lowest BCUT2D eigenvalue weighted by Crippen LogP contribution is -2.14. The molecular weight excluding hydrogens is 266 g/mol. The summed E-state index contributed by atoms with van der Waals surface area (Å²) in [5.74, 6) is 0. The van der Waals surface area contributed by atoms with Gasteiger partial charge in [0.15, 0.2) is 0 Å². The highest BCUT2D eigenvalue weighted by atomic mass is 32.1. The molecule has 108 valence electrons. The van der Waals surface area contributed by atoms with Gasteiger partial charge in [0.25, 0.3) is 0 Å². The van der Waals surface area contributed by atoms with Crippen molar-refractivity contribution in [2.75, 3.05) is 0 Å². The average Bonchev–Trinajstić information content (AvgIpc) is 2.86. The van der Waals surface area contributed by atoms with Gasteiger partial charge in [-0.1, -0.05) is 6.42 Å². The maximum Gasteiger partial charge on any atom is 0.0596 e. The Hall–Kier alpha value is -1.13. The van der Waals surface area contributed by atoms with E-state index in [2.05, 4.69) is 17.2 Å². The first-order valence-corrected chi connectivity index (χ1v) is 8.31. The maximum absolute atomic E-state index is 6.43. The lowest BCUT2D eigenvalue weighted by molar-refractivity contribution is 0.645. The van der Waals surface area contributed by atoms with E-state index < -0.39 is 0 Å². The molecule has 0 radical (unpaired) electrons. The highest BCUT2D eigenvalue weighted by molar-refractivity contribution is 7.12. The monoisotopic (exact) mass is 289 g/mol. The van der Waals surface area contributed by atoms with Crippen LogP contribution in [0.5, 0.6) is 0 Å². The van der Waals surface area contributed by atoms with Crippen LogP contribution in [0.3, 0.4) is 0 Å². The van der Waals surface area contributed by atoms with Gasteiger partial charge in [0.05, 0.1) is 5.69 Å². The summed E-state index contributed by atoms with van der Waals surface area (Å²) in [5.41, 5.74) is 10.3. The van der Waals surface area contributed by atoms with Crippen molar-refractivity contribution in [2.45, 2.75) is 51.5 Å². The van der Waals surface area contributed by atoms with Gasteiger partial charge in [0, 0.05) is 35.0 Å². The minimum absolute atomic E-state index is 0.0988. The fourth-order valence-electron chi connectivity index (χ4n) is 3.05. The molecule has 1 aliphatic carbocycles. The molecule has 1 aliphatic rings. The van der Waals surface area contributed by atoms with E-state index in [1.54, 1.807) is 10.4 Å². The quantitative estimate of drug-likeness (QED) is 0.881. The van der Waals surface area contributed by atoms with Crippen molar-refractivity contribution < 1.29 is 0 Å². The van der Waals surface area contributed by atoms with Crippen molar-refractivity contribution >= 4 is 11.3 Å². The minimum atomic E-state index is 0.0988. The second-order valence-electron chi connectivity index (χ2n) is 5.87. The summed E-state index contributed by atoms with van der Waals surface area (Å²) in [6.07, 6.45) is 7.40. The Morgan fingerprint density at radius 2 is 2.10 bits per heavy atom. The molecule has 0 saturated heterocycles. The van der Waals surface area contributed by atoms with Crippen LogP contribution in [0.25, 0.3) is 0 Å². The molecule has 0 amide bonds. The van der Waals surface area contributed by atoms with E-state index in [9.17, 15) is 0 Å². The van der Waals surface area contributed by atoms with Gasteiger partial charge in [0.2, 0.25) is 0 Å². The molecule has 3 rings (SSSR count). The van der Waals surface area contributed by atoms with Gasteiger partial charge in [-0.2, -0.15) is 5.10 Å². The maximum atomic E-state index is 6.43. The summed E-state index contributed by atoms with van der Waals surface area (Å²) in [6, 6.07) is 4.60. The zero-order chi connectivity index (χ0) is 14.1. The van der Waals surface area contributed by atoms with Crippen LogP contribution in [0.4, 0.5) is 0 Å². The molecular formula is C16H23N3S. The van der Waals surface area contributed by atoms with Gasteiger partial charge in [-0.3, -0.25) is 4.68 Å². The first-order chi connectivity index (χ1) is 9.63. The van der Waals surface area contributed by atoms with Crippen LogP contribution in [0.2, 0.25) is 0 Å². The zero-order valence-electron chi connectivity index (χ0n) is 12.4. The summed E-state index contributed by atoms with van der Waals surface area (Å²) in [4.78, 5) is 2.92. The van der Waals surface area contributed by atoms with Crippen LogP contribution in [0.15, 0.2) is 12.1 Å². The third kappa shape index (κ3) is 2.81. The molecule has 1 atom stereocenters. The Labute approximate surface area is 124 Å². The molecule has 2 N–H and O–H groups in total. The van der Waals surface area contributed by atoms with Crippen molar-refractivity contribution in [3.05, 3.63) is 38.8 Å². The molecule has 0 saturated carbocycles. The van der Waals surface area contributed by atoms with E-state index in [-0.39, 0.29) is 6.04 Å². The van der Waals surface area contributed by atoms with E-state index in [0.29, 0.717) is 0 Å². The predicted molar refractivity (Wildman–Crippen MR) is 84.2 cm³/mol. The molecule has 4 heteroatoms. The van der Waals surface area contributed by atoms with Crippen LogP contribution in [0, 0.1) is 6.92 Å². The number of hydrogen-bond donors (Lipinski definition) is 1. The summed E-state index contributed by atoms with van der Waals surface area (Å²) >= 11 is 1.93. The molecule has 20 heavy (non-hydrogen) atoms. The second-order valence-corrected chi connectivity index (χ2v) is 7.04. The van der Waals surface area contributed by atoms with Gasteiger partial charge < -0.3 is 5.73 Å². The summed E-state index contributed by atoms with van der Waals surface area (Å²) in [6.45, 7) is 2.03. The number of hydrogen-bond acceptors (Lipinski definition) is 3. The van der Waals surface area contributed by atoms with Gasteiger partial charge in [-0.05, 0) is 50.3 Å². The van der Waals surface area contributed by atoms with E-state index in [4.69, 9.17) is 5.73 Å². The number of aromatic nitrogens is 2. The molecule has 0 fully saturated rings. The molecule has 0 bridgehead atoms. The zero-order valence-corrected chi connectivity index (χ0v) is 13.2. The van der Waals surface area contributed by atoms with E-state index in [1.807, 2.05) is 30.0 Å². The number of rotatable bonds is 3. The van der Waals surface area contributed by atoms with Crippen molar-refractivity contribution in [3.63, 3.8) is 0 Å². The minimum Gasteiger partial charge on any atom is -0.323 e. The first-order valence-electron chi connectivity index (χ1n) is 7.50. The molecule has 2 aromatic heterocycles. The van der Waals surface area contributed by atoms with Gasteiger partial charge in [0.1, 0.15) is 0 Å². The fraction of sp³-hybridized carbons (Fsp3) is 0.562. The Morgan fingerprint density at radius 1 is 1.30 bits per heavy atom. The van der Waals surface area contributed by atoms with Gasteiger partial charge >= 0.3 is 0 Å².